The third kappa shape index (κ3) is 6.94. The Bertz CT molecular complexity index is 1390. The predicted molar refractivity (Wildman–Crippen MR) is 152 cm³/mol. The number of carbonyl (C=O) groups excluding carboxylic acids is 2. The maximum absolute atomic E-state index is 13.9. The number of benzene rings is 3. The van der Waals surface area contributed by atoms with Crippen molar-refractivity contribution in [3.63, 3.8) is 0 Å². The lowest BCUT2D eigenvalue weighted by atomic mass is 10.1. The summed E-state index contributed by atoms with van der Waals surface area (Å²) in [4.78, 5) is 28.3. The van der Waals surface area contributed by atoms with Gasteiger partial charge in [-0.3, -0.25) is 13.9 Å². The number of para-hydroxylation sites is 1. The minimum atomic E-state index is -4.17. The molecule has 0 bridgehead atoms. The molecule has 2 amide bonds. The summed E-state index contributed by atoms with van der Waals surface area (Å²) in [6, 6.07) is 19.5. The van der Waals surface area contributed by atoms with E-state index in [1.165, 1.54) is 17.0 Å². The monoisotopic (exact) mass is 555 g/mol. The zero-order chi connectivity index (χ0) is 28.0. The van der Waals surface area contributed by atoms with Crippen LogP contribution in [0.2, 0.25) is 5.02 Å². The number of halogens is 1. The summed E-state index contributed by atoms with van der Waals surface area (Å²) >= 11 is 6.43. The molecule has 3 aromatic rings. The Labute approximate surface area is 230 Å². The Kier molecular flexibility index (Phi) is 9.57. The van der Waals surface area contributed by atoms with Gasteiger partial charge in [0, 0.05) is 12.6 Å². The lowest BCUT2D eigenvalue weighted by Crippen LogP contribution is -2.52. The van der Waals surface area contributed by atoms with E-state index in [1.807, 2.05) is 52.0 Å². The van der Waals surface area contributed by atoms with Crippen LogP contribution in [0, 0.1) is 13.8 Å². The number of nitrogens with one attached hydrogen (secondary N) is 1. The first-order valence-corrected chi connectivity index (χ1v) is 14.2. The lowest BCUT2D eigenvalue weighted by molar-refractivity contribution is -0.139. The van der Waals surface area contributed by atoms with Crippen LogP contribution in [0.25, 0.3) is 0 Å². The summed E-state index contributed by atoms with van der Waals surface area (Å²) in [7, 11) is -4.17. The molecule has 0 unspecified atom stereocenters. The number of sulfonamides is 1. The molecule has 0 radical (unpaired) electrons. The van der Waals surface area contributed by atoms with Gasteiger partial charge in [0.25, 0.3) is 10.0 Å². The first-order valence-electron chi connectivity index (χ1n) is 12.4. The number of nitrogens with zero attached hydrogens (tertiary/aromatic N) is 2. The molecule has 1 N–H and O–H groups in total. The Morgan fingerprint density at radius 3 is 2.11 bits per heavy atom. The molecule has 0 spiro atoms. The van der Waals surface area contributed by atoms with E-state index in [9.17, 15) is 18.0 Å². The quantitative estimate of drug-likeness (QED) is 0.377. The summed E-state index contributed by atoms with van der Waals surface area (Å²) in [6.45, 7) is 8.71. The molecular formula is C29H34ClN3O4S. The molecule has 1 atom stereocenters. The number of hydrogen-bond acceptors (Lipinski definition) is 4. The minimum absolute atomic E-state index is 0.0341. The normalized spacial score (nSPS) is 12.2. The Morgan fingerprint density at radius 1 is 0.895 bits per heavy atom. The Hall–Kier alpha value is -3.36. The number of anilines is 1. The highest BCUT2D eigenvalue weighted by Crippen LogP contribution is 2.31. The molecule has 0 aliphatic heterocycles. The molecule has 0 aliphatic carbocycles. The fraction of sp³-hybridized carbons (Fsp3) is 0.310. The van der Waals surface area contributed by atoms with Crippen LogP contribution in [0.4, 0.5) is 5.69 Å². The second-order valence-electron chi connectivity index (χ2n) is 9.56. The average Bonchev–Trinajstić information content (AvgIpc) is 2.86. The van der Waals surface area contributed by atoms with Crippen LogP contribution < -0.4 is 9.62 Å². The van der Waals surface area contributed by atoms with Crippen molar-refractivity contribution in [2.75, 3.05) is 10.8 Å². The summed E-state index contributed by atoms with van der Waals surface area (Å²) in [5.74, 6) is -0.858. The molecule has 9 heteroatoms. The van der Waals surface area contributed by atoms with E-state index in [2.05, 4.69) is 5.32 Å². The maximum atomic E-state index is 13.9. The molecule has 7 nitrogen and oxygen atoms in total. The van der Waals surface area contributed by atoms with Crippen molar-refractivity contribution in [2.45, 2.75) is 58.1 Å². The van der Waals surface area contributed by atoms with Crippen LogP contribution in [0.15, 0.2) is 77.7 Å². The zero-order valence-electron chi connectivity index (χ0n) is 22.3. The second-order valence-corrected chi connectivity index (χ2v) is 11.8. The number of aryl methyl sites for hydroxylation is 2. The smallest absolute Gasteiger partial charge is 0.264 e. The Morgan fingerprint density at radius 2 is 1.50 bits per heavy atom. The van der Waals surface area contributed by atoms with E-state index in [4.69, 9.17) is 11.6 Å². The van der Waals surface area contributed by atoms with Gasteiger partial charge >= 0.3 is 0 Å². The van der Waals surface area contributed by atoms with Crippen molar-refractivity contribution in [1.82, 2.24) is 10.2 Å². The molecule has 0 heterocycles. The average molecular weight is 556 g/mol. The van der Waals surface area contributed by atoms with Gasteiger partial charge in [-0.15, -0.1) is 0 Å². The van der Waals surface area contributed by atoms with E-state index in [0.29, 0.717) is 0 Å². The third-order valence-electron chi connectivity index (χ3n) is 6.21. The van der Waals surface area contributed by atoms with E-state index in [0.717, 1.165) is 21.0 Å². The zero-order valence-corrected chi connectivity index (χ0v) is 23.9. The number of hydrogen-bond donors (Lipinski definition) is 1. The van der Waals surface area contributed by atoms with Crippen molar-refractivity contribution < 1.29 is 18.0 Å². The van der Waals surface area contributed by atoms with Crippen molar-refractivity contribution >= 4 is 39.1 Å². The van der Waals surface area contributed by atoms with Gasteiger partial charge < -0.3 is 10.2 Å². The van der Waals surface area contributed by atoms with Crippen LogP contribution in [0.3, 0.4) is 0 Å². The molecule has 0 fully saturated rings. The highest BCUT2D eigenvalue weighted by atomic mass is 35.5. The number of carbonyl (C=O) groups is 2. The first kappa shape index (κ1) is 29.2. The third-order valence-corrected chi connectivity index (χ3v) is 8.30. The summed E-state index contributed by atoms with van der Waals surface area (Å²) < 4.78 is 28.7. The van der Waals surface area contributed by atoms with Gasteiger partial charge in [0.15, 0.2) is 0 Å². The molecule has 3 aromatic carbocycles. The highest BCUT2D eigenvalue weighted by molar-refractivity contribution is 7.92. The predicted octanol–water partition coefficient (Wildman–Crippen LogP) is 5.09. The van der Waals surface area contributed by atoms with Gasteiger partial charge in [0.2, 0.25) is 11.8 Å². The van der Waals surface area contributed by atoms with Gasteiger partial charge in [-0.2, -0.15) is 0 Å². The molecule has 3 rings (SSSR count). The molecule has 0 aromatic heterocycles. The molecule has 202 valence electrons. The molecular weight excluding hydrogens is 522 g/mol. The highest BCUT2D eigenvalue weighted by Gasteiger charge is 2.33. The molecule has 0 saturated heterocycles. The fourth-order valence-electron chi connectivity index (χ4n) is 3.96. The van der Waals surface area contributed by atoms with Gasteiger partial charge in [-0.1, -0.05) is 65.7 Å². The van der Waals surface area contributed by atoms with Crippen LogP contribution in [-0.4, -0.2) is 43.8 Å². The van der Waals surface area contributed by atoms with Gasteiger partial charge in [0.05, 0.1) is 15.6 Å². The first-order chi connectivity index (χ1) is 17.9. The van der Waals surface area contributed by atoms with Crippen molar-refractivity contribution in [2.24, 2.45) is 0 Å². The Balaban J connectivity index is 2.06. The van der Waals surface area contributed by atoms with Crippen LogP contribution in [-0.2, 0) is 26.2 Å². The molecule has 38 heavy (non-hydrogen) atoms. The largest absolute Gasteiger partial charge is 0.352 e. The molecule has 0 aliphatic rings. The van der Waals surface area contributed by atoms with Crippen LogP contribution in [0.1, 0.15) is 37.5 Å². The van der Waals surface area contributed by atoms with Gasteiger partial charge in [0.1, 0.15) is 12.6 Å². The van der Waals surface area contributed by atoms with Crippen molar-refractivity contribution in [3.8, 4) is 0 Å². The van der Waals surface area contributed by atoms with E-state index in [-0.39, 0.29) is 34.1 Å². The van der Waals surface area contributed by atoms with Gasteiger partial charge in [-0.25, -0.2) is 8.42 Å². The van der Waals surface area contributed by atoms with E-state index in [1.54, 1.807) is 43.3 Å². The van der Waals surface area contributed by atoms with Crippen LogP contribution >= 0.6 is 11.6 Å². The standard InChI is InChI=1S/C29H34ClN3O4S/c1-20(2)31-29(35)23(5)32(18-24-11-7-6-10-22(24)4)28(34)19-33(27-13-9-8-12-26(27)30)38(36,37)25-16-14-21(3)15-17-25/h6-17,20,23H,18-19H2,1-5H3,(H,31,35)/t23-/m1/s1. The second kappa shape index (κ2) is 12.5. The topological polar surface area (TPSA) is 86.8 Å². The minimum Gasteiger partial charge on any atom is -0.352 e. The SMILES string of the molecule is Cc1ccc(S(=O)(=O)N(CC(=O)N(Cc2ccccc2C)[C@H](C)C(=O)NC(C)C)c2ccccc2Cl)cc1. The van der Waals surface area contributed by atoms with Gasteiger partial charge in [-0.05, 0) is 70.0 Å². The summed E-state index contributed by atoms with van der Waals surface area (Å²) in [5.41, 5.74) is 2.89. The summed E-state index contributed by atoms with van der Waals surface area (Å²) in [5, 5.41) is 3.04. The molecule has 0 saturated carbocycles. The number of amides is 2. The van der Waals surface area contributed by atoms with E-state index < -0.39 is 28.5 Å². The summed E-state index contributed by atoms with van der Waals surface area (Å²) in [6.07, 6.45) is 0. The fourth-order valence-corrected chi connectivity index (χ4v) is 5.68. The number of rotatable bonds is 10. The van der Waals surface area contributed by atoms with Crippen molar-refractivity contribution in [3.05, 3.63) is 94.5 Å². The van der Waals surface area contributed by atoms with Crippen LogP contribution in [0.5, 0.6) is 0 Å². The maximum Gasteiger partial charge on any atom is 0.264 e. The van der Waals surface area contributed by atoms with E-state index >= 15 is 0 Å². The van der Waals surface area contributed by atoms with Crippen molar-refractivity contribution in [1.29, 1.82) is 0 Å². The lowest BCUT2D eigenvalue weighted by Gasteiger charge is -2.32.